The lowest BCUT2D eigenvalue weighted by Gasteiger charge is -2.06. The SMILES string of the molecule is CN1C[C@H](c2ccccc2)OC1=O. The highest BCUT2D eigenvalue weighted by molar-refractivity contribution is 5.69. The molecule has 0 aromatic heterocycles. The minimum Gasteiger partial charge on any atom is -0.439 e. The van der Waals surface area contributed by atoms with Crippen LogP contribution >= 0.6 is 0 Å². The summed E-state index contributed by atoms with van der Waals surface area (Å²) in [7, 11) is 1.74. The van der Waals surface area contributed by atoms with Crippen molar-refractivity contribution in [3.05, 3.63) is 35.9 Å². The largest absolute Gasteiger partial charge is 0.439 e. The zero-order valence-corrected chi connectivity index (χ0v) is 7.43. The molecule has 1 aliphatic heterocycles. The van der Waals surface area contributed by atoms with E-state index in [4.69, 9.17) is 4.74 Å². The average Bonchev–Trinajstić information content (AvgIpc) is 2.49. The van der Waals surface area contributed by atoms with Crippen LogP contribution in [0.25, 0.3) is 0 Å². The van der Waals surface area contributed by atoms with Gasteiger partial charge in [0, 0.05) is 7.05 Å². The van der Waals surface area contributed by atoms with Gasteiger partial charge < -0.3 is 9.64 Å². The molecule has 0 radical (unpaired) electrons. The summed E-state index contributed by atoms with van der Waals surface area (Å²) < 4.78 is 5.15. The summed E-state index contributed by atoms with van der Waals surface area (Å²) >= 11 is 0. The summed E-state index contributed by atoms with van der Waals surface area (Å²) in [5.74, 6) is 0. The Morgan fingerprint density at radius 3 is 2.62 bits per heavy atom. The molecule has 13 heavy (non-hydrogen) atoms. The fourth-order valence-electron chi connectivity index (χ4n) is 1.41. The first kappa shape index (κ1) is 8.10. The number of cyclic esters (lactones) is 1. The van der Waals surface area contributed by atoms with E-state index in [1.54, 1.807) is 11.9 Å². The first-order valence-corrected chi connectivity index (χ1v) is 4.24. The van der Waals surface area contributed by atoms with E-state index in [1.165, 1.54) is 0 Å². The van der Waals surface area contributed by atoms with Gasteiger partial charge in [-0.25, -0.2) is 4.79 Å². The van der Waals surface area contributed by atoms with Crippen LogP contribution in [0.3, 0.4) is 0 Å². The lowest BCUT2D eigenvalue weighted by atomic mass is 10.1. The number of rotatable bonds is 1. The number of likely N-dealkylation sites (N-methyl/N-ethyl adjacent to an activating group) is 1. The molecule has 0 aliphatic carbocycles. The summed E-state index contributed by atoms with van der Waals surface area (Å²) in [6.45, 7) is 0.642. The Hall–Kier alpha value is -1.51. The van der Waals surface area contributed by atoms with Crippen LogP contribution in [-0.2, 0) is 4.74 Å². The second kappa shape index (κ2) is 3.09. The minimum atomic E-state index is -0.242. The zero-order chi connectivity index (χ0) is 9.26. The number of nitrogens with zero attached hydrogens (tertiary/aromatic N) is 1. The van der Waals surface area contributed by atoms with E-state index >= 15 is 0 Å². The summed E-state index contributed by atoms with van der Waals surface area (Å²) in [5, 5.41) is 0. The van der Waals surface area contributed by atoms with Crippen molar-refractivity contribution in [2.45, 2.75) is 6.10 Å². The second-order valence-electron chi connectivity index (χ2n) is 3.16. The fraction of sp³-hybridized carbons (Fsp3) is 0.300. The van der Waals surface area contributed by atoms with Gasteiger partial charge in [0.2, 0.25) is 0 Å². The molecule has 3 nitrogen and oxygen atoms in total. The van der Waals surface area contributed by atoms with Gasteiger partial charge in [0.25, 0.3) is 0 Å². The van der Waals surface area contributed by atoms with Crippen molar-refractivity contribution in [2.75, 3.05) is 13.6 Å². The fourth-order valence-corrected chi connectivity index (χ4v) is 1.41. The first-order chi connectivity index (χ1) is 6.27. The van der Waals surface area contributed by atoms with E-state index in [2.05, 4.69) is 0 Å². The van der Waals surface area contributed by atoms with Crippen LogP contribution in [0.4, 0.5) is 4.79 Å². The number of hydrogen-bond acceptors (Lipinski definition) is 2. The molecular formula is C10H11NO2. The van der Waals surface area contributed by atoms with Crippen LogP contribution in [0, 0.1) is 0 Å². The number of benzene rings is 1. The van der Waals surface area contributed by atoms with Gasteiger partial charge in [0.15, 0.2) is 0 Å². The predicted octanol–water partition coefficient (Wildman–Crippen LogP) is 1.81. The molecule has 0 spiro atoms. The summed E-state index contributed by atoms with van der Waals surface area (Å²) in [6, 6.07) is 9.78. The van der Waals surface area contributed by atoms with Crippen molar-refractivity contribution in [2.24, 2.45) is 0 Å². The molecule has 68 valence electrons. The molecule has 1 fully saturated rings. The van der Waals surface area contributed by atoms with E-state index in [1.807, 2.05) is 30.3 Å². The van der Waals surface area contributed by atoms with Crippen molar-refractivity contribution in [1.29, 1.82) is 0 Å². The number of carbonyl (C=O) groups is 1. The Kier molecular flexibility index (Phi) is 1.93. The molecule has 1 aromatic rings. The van der Waals surface area contributed by atoms with E-state index in [-0.39, 0.29) is 12.2 Å². The lowest BCUT2D eigenvalue weighted by Crippen LogP contribution is -2.17. The van der Waals surface area contributed by atoms with Gasteiger partial charge in [-0.3, -0.25) is 0 Å². The van der Waals surface area contributed by atoms with Crippen LogP contribution < -0.4 is 0 Å². The normalized spacial score (nSPS) is 21.8. The van der Waals surface area contributed by atoms with Gasteiger partial charge in [-0.15, -0.1) is 0 Å². The molecule has 0 saturated carbocycles. The molecule has 0 bridgehead atoms. The predicted molar refractivity (Wildman–Crippen MR) is 48.3 cm³/mol. The van der Waals surface area contributed by atoms with E-state index in [9.17, 15) is 4.79 Å². The first-order valence-electron chi connectivity index (χ1n) is 4.24. The summed E-state index contributed by atoms with van der Waals surface area (Å²) in [6.07, 6.45) is -0.340. The van der Waals surface area contributed by atoms with Gasteiger partial charge in [-0.05, 0) is 5.56 Å². The minimum absolute atomic E-state index is 0.0984. The number of hydrogen-bond donors (Lipinski definition) is 0. The highest BCUT2D eigenvalue weighted by Crippen LogP contribution is 2.24. The van der Waals surface area contributed by atoms with Crippen molar-refractivity contribution in [1.82, 2.24) is 4.90 Å². The average molecular weight is 177 g/mol. The van der Waals surface area contributed by atoms with Crippen molar-refractivity contribution >= 4 is 6.09 Å². The third kappa shape index (κ3) is 1.49. The van der Waals surface area contributed by atoms with Crippen LogP contribution in [0.5, 0.6) is 0 Å². The molecule has 3 heteroatoms. The van der Waals surface area contributed by atoms with Gasteiger partial charge in [-0.1, -0.05) is 30.3 Å². The molecule has 0 unspecified atom stereocenters. The quantitative estimate of drug-likeness (QED) is 0.654. The number of carbonyl (C=O) groups excluding carboxylic acids is 1. The van der Waals surface area contributed by atoms with E-state index in [0.29, 0.717) is 6.54 Å². The Balaban J connectivity index is 2.17. The Morgan fingerprint density at radius 1 is 1.38 bits per heavy atom. The Labute approximate surface area is 76.9 Å². The molecule has 2 rings (SSSR count). The van der Waals surface area contributed by atoms with Crippen molar-refractivity contribution < 1.29 is 9.53 Å². The monoisotopic (exact) mass is 177 g/mol. The molecule has 1 atom stereocenters. The van der Waals surface area contributed by atoms with Crippen LogP contribution in [-0.4, -0.2) is 24.6 Å². The van der Waals surface area contributed by atoms with Gasteiger partial charge in [0.1, 0.15) is 6.10 Å². The van der Waals surface area contributed by atoms with Gasteiger partial charge >= 0.3 is 6.09 Å². The van der Waals surface area contributed by atoms with Crippen LogP contribution in [0.1, 0.15) is 11.7 Å². The standard InChI is InChI=1S/C10H11NO2/c1-11-7-9(13-10(11)12)8-5-3-2-4-6-8/h2-6,9H,7H2,1H3/t9-/m1/s1. The molecule has 0 N–H and O–H groups in total. The molecule has 1 saturated heterocycles. The van der Waals surface area contributed by atoms with Crippen molar-refractivity contribution in [3.8, 4) is 0 Å². The summed E-state index contributed by atoms with van der Waals surface area (Å²) in [4.78, 5) is 12.6. The maximum absolute atomic E-state index is 11.1. The second-order valence-corrected chi connectivity index (χ2v) is 3.16. The lowest BCUT2D eigenvalue weighted by molar-refractivity contribution is 0.135. The maximum atomic E-state index is 11.1. The highest BCUT2D eigenvalue weighted by atomic mass is 16.6. The molecule has 1 heterocycles. The Bertz CT molecular complexity index is 310. The maximum Gasteiger partial charge on any atom is 0.410 e. The smallest absolute Gasteiger partial charge is 0.410 e. The summed E-state index contributed by atoms with van der Waals surface area (Å²) in [5.41, 5.74) is 1.06. The van der Waals surface area contributed by atoms with E-state index < -0.39 is 0 Å². The molecule has 1 aromatic carbocycles. The number of amides is 1. The van der Waals surface area contributed by atoms with E-state index in [0.717, 1.165) is 5.56 Å². The van der Waals surface area contributed by atoms with Gasteiger partial charge in [0.05, 0.1) is 6.54 Å². The van der Waals surface area contributed by atoms with Gasteiger partial charge in [-0.2, -0.15) is 0 Å². The van der Waals surface area contributed by atoms with Crippen LogP contribution in [0.2, 0.25) is 0 Å². The highest BCUT2D eigenvalue weighted by Gasteiger charge is 2.28. The Morgan fingerprint density at radius 2 is 2.08 bits per heavy atom. The third-order valence-electron chi connectivity index (χ3n) is 2.17. The number of ether oxygens (including phenoxy) is 1. The third-order valence-corrected chi connectivity index (χ3v) is 2.17. The zero-order valence-electron chi connectivity index (χ0n) is 7.43. The van der Waals surface area contributed by atoms with Crippen LogP contribution in [0.15, 0.2) is 30.3 Å². The molecular weight excluding hydrogens is 166 g/mol. The topological polar surface area (TPSA) is 29.5 Å². The molecule has 1 aliphatic rings. The molecule has 1 amide bonds. The van der Waals surface area contributed by atoms with Crippen molar-refractivity contribution in [3.63, 3.8) is 0 Å².